The highest BCUT2D eigenvalue weighted by Gasteiger charge is 2.22. The predicted molar refractivity (Wildman–Crippen MR) is 128 cm³/mol. The number of carbonyl (C=O) groups is 2. The van der Waals surface area contributed by atoms with Crippen LogP contribution in [-0.2, 0) is 0 Å². The lowest BCUT2D eigenvalue weighted by Gasteiger charge is -2.36. The van der Waals surface area contributed by atoms with Crippen molar-refractivity contribution in [2.45, 2.75) is 0 Å². The summed E-state index contributed by atoms with van der Waals surface area (Å²) in [5.74, 6) is -0.184. The van der Waals surface area contributed by atoms with Gasteiger partial charge in [0.2, 0.25) is 0 Å². The van der Waals surface area contributed by atoms with Crippen molar-refractivity contribution >= 4 is 50.7 Å². The number of piperazine rings is 1. The van der Waals surface area contributed by atoms with Gasteiger partial charge in [0.15, 0.2) is 0 Å². The minimum Gasteiger partial charge on any atom is -0.368 e. The number of amides is 2. The maximum Gasteiger partial charge on any atom is 0.257 e. The van der Waals surface area contributed by atoms with Crippen LogP contribution in [0.4, 0.5) is 11.4 Å². The summed E-state index contributed by atoms with van der Waals surface area (Å²) in [4.78, 5) is 29.3. The van der Waals surface area contributed by atoms with E-state index < -0.39 is 0 Å². The normalized spacial score (nSPS) is 13.7. The molecule has 31 heavy (non-hydrogen) atoms. The molecule has 5 nitrogen and oxygen atoms in total. The first-order valence-corrected chi connectivity index (χ1v) is 11.1. The van der Waals surface area contributed by atoms with Crippen LogP contribution in [0, 0.1) is 0 Å². The molecule has 0 bridgehead atoms. The van der Waals surface area contributed by atoms with Gasteiger partial charge >= 0.3 is 0 Å². The predicted octanol–water partition coefficient (Wildman–Crippen LogP) is 5.32. The molecule has 1 N–H and O–H groups in total. The summed E-state index contributed by atoms with van der Waals surface area (Å²) in [6.07, 6.45) is 0. The second-order valence-electron chi connectivity index (χ2n) is 7.27. The second-order valence-corrected chi connectivity index (χ2v) is 8.59. The molecule has 0 aromatic heterocycles. The van der Waals surface area contributed by atoms with Gasteiger partial charge < -0.3 is 15.1 Å². The Bertz CT molecular complexity index is 1080. The van der Waals surface area contributed by atoms with Crippen molar-refractivity contribution < 1.29 is 9.59 Å². The molecule has 0 atom stereocenters. The Morgan fingerprint density at radius 1 is 0.871 bits per heavy atom. The van der Waals surface area contributed by atoms with Crippen molar-refractivity contribution in [1.29, 1.82) is 0 Å². The first-order chi connectivity index (χ1) is 15.0. The number of nitrogens with one attached hydrogen (secondary N) is 1. The molecule has 0 unspecified atom stereocenters. The number of halogens is 2. The molecule has 1 heterocycles. The van der Waals surface area contributed by atoms with E-state index in [1.54, 1.807) is 18.2 Å². The SMILES string of the molecule is O=C(Nc1ccc(N2CCN(C(=O)c3ccccc3)CC2)cc1)c1cc(Br)ccc1Cl. The molecule has 158 valence electrons. The standard InChI is InChI=1S/C24H21BrClN3O2/c25-18-6-11-22(26)21(16-18)23(30)27-19-7-9-20(10-8-19)28-12-14-29(15-13-28)24(31)17-4-2-1-3-5-17/h1-11,16H,12-15H2,(H,27,30). The van der Waals surface area contributed by atoms with E-state index in [1.807, 2.05) is 59.5 Å². The molecule has 0 radical (unpaired) electrons. The van der Waals surface area contributed by atoms with Crippen LogP contribution in [0.2, 0.25) is 5.02 Å². The largest absolute Gasteiger partial charge is 0.368 e. The summed E-state index contributed by atoms with van der Waals surface area (Å²) < 4.78 is 0.794. The Balaban J connectivity index is 1.35. The fourth-order valence-electron chi connectivity index (χ4n) is 3.56. The zero-order valence-electron chi connectivity index (χ0n) is 16.7. The molecule has 0 saturated carbocycles. The van der Waals surface area contributed by atoms with Gasteiger partial charge in [0.25, 0.3) is 11.8 Å². The Labute approximate surface area is 194 Å². The van der Waals surface area contributed by atoms with Crippen LogP contribution in [0.1, 0.15) is 20.7 Å². The third-order valence-corrected chi connectivity index (χ3v) is 6.07. The fourth-order valence-corrected chi connectivity index (χ4v) is 4.12. The van der Waals surface area contributed by atoms with Gasteiger partial charge in [-0.25, -0.2) is 0 Å². The van der Waals surface area contributed by atoms with Gasteiger partial charge in [0, 0.05) is 47.6 Å². The smallest absolute Gasteiger partial charge is 0.257 e. The number of benzene rings is 3. The number of rotatable bonds is 4. The van der Waals surface area contributed by atoms with Crippen molar-refractivity contribution in [3.63, 3.8) is 0 Å². The Kier molecular flexibility index (Phi) is 6.59. The monoisotopic (exact) mass is 497 g/mol. The Morgan fingerprint density at radius 2 is 1.55 bits per heavy atom. The average molecular weight is 499 g/mol. The number of carbonyl (C=O) groups excluding carboxylic acids is 2. The number of nitrogens with zero attached hydrogens (tertiary/aromatic N) is 2. The van der Waals surface area contributed by atoms with Crippen LogP contribution in [0.15, 0.2) is 77.3 Å². The van der Waals surface area contributed by atoms with Crippen molar-refractivity contribution in [1.82, 2.24) is 4.90 Å². The summed E-state index contributed by atoms with van der Waals surface area (Å²) >= 11 is 9.50. The zero-order valence-corrected chi connectivity index (χ0v) is 19.1. The molecule has 2 amide bonds. The summed E-state index contributed by atoms with van der Waals surface area (Å²) in [6.45, 7) is 2.87. The third-order valence-electron chi connectivity index (χ3n) is 5.25. The average Bonchev–Trinajstić information content (AvgIpc) is 2.81. The van der Waals surface area contributed by atoms with Gasteiger partial charge in [-0.3, -0.25) is 9.59 Å². The highest BCUT2D eigenvalue weighted by Crippen LogP contribution is 2.24. The van der Waals surface area contributed by atoms with E-state index in [4.69, 9.17) is 11.6 Å². The minimum absolute atomic E-state index is 0.0736. The topological polar surface area (TPSA) is 52.7 Å². The molecular weight excluding hydrogens is 478 g/mol. The van der Waals surface area contributed by atoms with Crippen LogP contribution in [0.25, 0.3) is 0 Å². The van der Waals surface area contributed by atoms with E-state index in [0.29, 0.717) is 29.4 Å². The maximum absolute atomic E-state index is 12.6. The fraction of sp³-hybridized carbons (Fsp3) is 0.167. The second kappa shape index (κ2) is 9.54. The molecule has 0 aliphatic carbocycles. The molecular formula is C24H21BrClN3O2. The van der Waals surface area contributed by atoms with Crippen LogP contribution >= 0.6 is 27.5 Å². The number of hydrogen-bond acceptors (Lipinski definition) is 3. The van der Waals surface area contributed by atoms with E-state index in [9.17, 15) is 9.59 Å². The van der Waals surface area contributed by atoms with E-state index >= 15 is 0 Å². The first kappa shape index (κ1) is 21.4. The molecule has 3 aromatic carbocycles. The lowest BCUT2D eigenvalue weighted by atomic mass is 10.1. The van der Waals surface area contributed by atoms with Crippen LogP contribution in [-0.4, -0.2) is 42.9 Å². The highest BCUT2D eigenvalue weighted by molar-refractivity contribution is 9.10. The summed E-state index contributed by atoms with van der Waals surface area (Å²) in [7, 11) is 0. The van der Waals surface area contributed by atoms with E-state index in [-0.39, 0.29) is 11.8 Å². The molecule has 0 spiro atoms. The van der Waals surface area contributed by atoms with Crippen LogP contribution < -0.4 is 10.2 Å². The van der Waals surface area contributed by atoms with Gasteiger partial charge in [-0.15, -0.1) is 0 Å². The van der Waals surface area contributed by atoms with Crippen LogP contribution in [0.5, 0.6) is 0 Å². The molecule has 1 aliphatic rings. The van der Waals surface area contributed by atoms with E-state index in [1.165, 1.54) is 0 Å². The minimum atomic E-state index is -0.257. The molecule has 3 aromatic rings. The molecule has 1 saturated heterocycles. The molecule has 4 rings (SSSR count). The molecule has 1 aliphatic heterocycles. The van der Waals surface area contributed by atoms with E-state index in [2.05, 4.69) is 26.1 Å². The summed E-state index contributed by atoms with van der Waals surface area (Å²) in [6, 6.07) is 22.3. The third kappa shape index (κ3) is 5.09. The van der Waals surface area contributed by atoms with Gasteiger partial charge in [-0.2, -0.15) is 0 Å². The van der Waals surface area contributed by atoms with Gasteiger partial charge in [0.05, 0.1) is 10.6 Å². The van der Waals surface area contributed by atoms with Crippen molar-refractivity contribution in [3.8, 4) is 0 Å². The number of anilines is 2. The van der Waals surface area contributed by atoms with Crippen molar-refractivity contribution in [2.24, 2.45) is 0 Å². The summed E-state index contributed by atoms with van der Waals surface area (Å²) in [5.41, 5.74) is 2.90. The van der Waals surface area contributed by atoms with E-state index in [0.717, 1.165) is 28.8 Å². The molecule has 7 heteroatoms. The van der Waals surface area contributed by atoms with Gasteiger partial charge in [-0.1, -0.05) is 45.7 Å². The lowest BCUT2D eigenvalue weighted by Crippen LogP contribution is -2.48. The quantitative estimate of drug-likeness (QED) is 0.530. The first-order valence-electron chi connectivity index (χ1n) is 9.97. The van der Waals surface area contributed by atoms with Crippen molar-refractivity contribution in [3.05, 3.63) is 93.4 Å². The van der Waals surface area contributed by atoms with Crippen LogP contribution in [0.3, 0.4) is 0 Å². The summed E-state index contributed by atoms with van der Waals surface area (Å²) in [5, 5.41) is 3.28. The van der Waals surface area contributed by atoms with Gasteiger partial charge in [0.1, 0.15) is 0 Å². The van der Waals surface area contributed by atoms with Crippen molar-refractivity contribution in [2.75, 3.05) is 36.4 Å². The van der Waals surface area contributed by atoms with Gasteiger partial charge in [-0.05, 0) is 54.6 Å². The highest BCUT2D eigenvalue weighted by atomic mass is 79.9. The molecule has 1 fully saturated rings. The Morgan fingerprint density at radius 3 is 2.23 bits per heavy atom. The Hall–Kier alpha value is -2.83. The lowest BCUT2D eigenvalue weighted by molar-refractivity contribution is 0.0746. The zero-order chi connectivity index (χ0) is 21.8. The maximum atomic E-state index is 12.6. The number of hydrogen-bond donors (Lipinski definition) is 1.